The lowest BCUT2D eigenvalue weighted by Gasteiger charge is -2.33. The highest BCUT2D eigenvalue weighted by molar-refractivity contribution is 5.85. The normalized spacial score (nSPS) is 21.1. The number of fused-ring (bicyclic) bond motifs is 2. The summed E-state index contributed by atoms with van der Waals surface area (Å²) in [6, 6.07) is 6.79. The molecule has 2 aliphatic rings. The number of halogens is 1. The van der Waals surface area contributed by atoms with Gasteiger partial charge in [0.1, 0.15) is 0 Å². The van der Waals surface area contributed by atoms with Crippen molar-refractivity contribution in [1.82, 2.24) is 0 Å². The molecule has 0 atom stereocenters. The lowest BCUT2D eigenvalue weighted by molar-refractivity contribution is 0.0567. The van der Waals surface area contributed by atoms with Crippen molar-refractivity contribution in [3.63, 3.8) is 0 Å². The molecule has 2 nitrogen and oxygen atoms in total. The molecule has 1 spiro atoms. The summed E-state index contributed by atoms with van der Waals surface area (Å²) < 4.78 is 5.47. The van der Waals surface area contributed by atoms with E-state index in [4.69, 9.17) is 4.74 Å². The molecule has 16 heavy (non-hydrogen) atoms. The van der Waals surface area contributed by atoms with E-state index in [2.05, 4.69) is 30.4 Å². The van der Waals surface area contributed by atoms with Gasteiger partial charge in [0.05, 0.1) is 0 Å². The minimum absolute atomic E-state index is 0. The molecule has 0 saturated carbocycles. The number of ether oxygens (including phenoxy) is 1. The second-order valence-corrected chi connectivity index (χ2v) is 4.80. The maximum atomic E-state index is 5.47. The van der Waals surface area contributed by atoms with Gasteiger partial charge < -0.3 is 10.1 Å². The number of hydrogen-bond acceptors (Lipinski definition) is 2. The van der Waals surface area contributed by atoms with Gasteiger partial charge in [-0.15, -0.1) is 12.4 Å². The van der Waals surface area contributed by atoms with Crippen LogP contribution in [0.25, 0.3) is 0 Å². The number of anilines is 1. The van der Waals surface area contributed by atoms with Crippen LogP contribution in [0.2, 0.25) is 0 Å². The molecule has 2 heterocycles. The predicted octanol–water partition coefficient (Wildman–Crippen LogP) is 2.89. The quantitative estimate of drug-likeness (QED) is 0.752. The van der Waals surface area contributed by atoms with Gasteiger partial charge >= 0.3 is 0 Å². The van der Waals surface area contributed by atoms with Crippen molar-refractivity contribution in [1.29, 1.82) is 0 Å². The first-order valence-electron chi connectivity index (χ1n) is 5.73. The van der Waals surface area contributed by atoms with E-state index in [9.17, 15) is 0 Å². The van der Waals surface area contributed by atoms with Gasteiger partial charge in [0, 0.05) is 30.9 Å². The molecule has 1 saturated heterocycles. The van der Waals surface area contributed by atoms with E-state index in [1.54, 1.807) is 0 Å². The Morgan fingerprint density at radius 3 is 2.75 bits per heavy atom. The zero-order chi connectivity index (χ0) is 10.3. The van der Waals surface area contributed by atoms with E-state index in [1.165, 1.54) is 16.8 Å². The highest BCUT2D eigenvalue weighted by Gasteiger charge is 2.39. The highest BCUT2D eigenvalue weighted by atomic mass is 35.5. The first-order chi connectivity index (χ1) is 7.30. The van der Waals surface area contributed by atoms with E-state index in [-0.39, 0.29) is 12.4 Å². The second-order valence-electron chi connectivity index (χ2n) is 4.80. The molecule has 1 fully saturated rings. The van der Waals surface area contributed by atoms with Crippen molar-refractivity contribution in [2.24, 2.45) is 0 Å². The zero-order valence-corrected chi connectivity index (χ0v) is 10.4. The zero-order valence-electron chi connectivity index (χ0n) is 9.58. The van der Waals surface area contributed by atoms with Crippen LogP contribution in [0.5, 0.6) is 0 Å². The molecule has 1 aromatic rings. The first-order valence-corrected chi connectivity index (χ1v) is 5.73. The third-order valence-corrected chi connectivity index (χ3v) is 3.81. The van der Waals surface area contributed by atoms with Crippen LogP contribution in [0.3, 0.4) is 0 Å². The first kappa shape index (κ1) is 11.7. The van der Waals surface area contributed by atoms with Crippen molar-refractivity contribution in [3.05, 3.63) is 29.3 Å². The van der Waals surface area contributed by atoms with Crippen LogP contribution in [0, 0.1) is 6.92 Å². The minimum Gasteiger partial charge on any atom is -0.384 e. The van der Waals surface area contributed by atoms with E-state index in [0.717, 1.165) is 32.6 Å². The number of aryl methyl sites for hydroxylation is 1. The number of benzene rings is 1. The monoisotopic (exact) mass is 239 g/mol. The fourth-order valence-electron chi connectivity index (χ4n) is 2.83. The molecule has 3 rings (SSSR count). The van der Waals surface area contributed by atoms with Gasteiger partial charge in [-0.05, 0) is 37.0 Å². The van der Waals surface area contributed by atoms with Gasteiger partial charge in [0.15, 0.2) is 0 Å². The Labute approximate surface area is 103 Å². The molecule has 0 amide bonds. The Morgan fingerprint density at radius 2 is 2.00 bits per heavy atom. The Hall–Kier alpha value is -0.730. The number of hydrogen-bond donors (Lipinski definition) is 1. The summed E-state index contributed by atoms with van der Waals surface area (Å²) in [5, 5.41) is 3.55. The number of rotatable bonds is 0. The molecule has 1 N–H and O–H groups in total. The molecular weight excluding hydrogens is 222 g/mol. The lowest BCUT2D eigenvalue weighted by atomic mass is 9.76. The largest absolute Gasteiger partial charge is 0.384 e. The molecule has 1 aromatic carbocycles. The SMILES string of the molecule is Cc1ccc2c(c1)NCC21CCOCC1.Cl. The molecule has 0 radical (unpaired) electrons. The Bertz CT molecular complexity index is 386. The topological polar surface area (TPSA) is 21.3 Å². The van der Waals surface area contributed by atoms with Crippen LogP contribution in [0.4, 0.5) is 5.69 Å². The van der Waals surface area contributed by atoms with Gasteiger partial charge in [0.25, 0.3) is 0 Å². The standard InChI is InChI=1S/C13H17NO.ClH/c1-10-2-3-11-12(8-10)14-9-13(11)4-6-15-7-5-13;/h2-3,8,14H,4-7,9H2,1H3;1H. The van der Waals surface area contributed by atoms with Crippen LogP contribution in [-0.4, -0.2) is 19.8 Å². The van der Waals surface area contributed by atoms with Crippen LogP contribution < -0.4 is 5.32 Å². The molecule has 0 unspecified atom stereocenters. The average Bonchev–Trinajstić information content (AvgIpc) is 2.58. The van der Waals surface area contributed by atoms with Crippen molar-refractivity contribution in [2.45, 2.75) is 25.2 Å². The summed E-state index contributed by atoms with van der Waals surface area (Å²) in [7, 11) is 0. The van der Waals surface area contributed by atoms with Gasteiger partial charge in [-0.1, -0.05) is 12.1 Å². The molecule has 0 aliphatic carbocycles. The van der Waals surface area contributed by atoms with Crippen molar-refractivity contribution >= 4 is 18.1 Å². The van der Waals surface area contributed by atoms with E-state index < -0.39 is 0 Å². The summed E-state index contributed by atoms with van der Waals surface area (Å²) in [6.07, 6.45) is 2.33. The van der Waals surface area contributed by atoms with Crippen LogP contribution >= 0.6 is 12.4 Å². The van der Waals surface area contributed by atoms with Gasteiger partial charge in [-0.25, -0.2) is 0 Å². The lowest BCUT2D eigenvalue weighted by Crippen LogP contribution is -2.35. The molecule has 0 aromatic heterocycles. The maximum Gasteiger partial charge on any atom is 0.0475 e. The van der Waals surface area contributed by atoms with Crippen molar-refractivity contribution in [3.8, 4) is 0 Å². The summed E-state index contributed by atoms with van der Waals surface area (Å²) >= 11 is 0. The fourth-order valence-corrected chi connectivity index (χ4v) is 2.83. The van der Waals surface area contributed by atoms with Crippen molar-refractivity contribution in [2.75, 3.05) is 25.1 Å². The molecule has 0 bridgehead atoms. The summed E-state index contributed by atoms with van der Waals surface area (Å²) in [5.41, 5.74) is 4.56. The van der Waals surface area contributed by atoms with Crippen LogP contribution in [0.1, 0.15) is 24.0 Å². The average molecular weight is 240 g/mol. The second kappa shape index (κ2) is 4.27. The van der Waals surface area contributed by atoms with E-state index in [0.29, 0.717) is 5.41 Å². The third kappa shape index (κ3) is 1.70. The molecule has 2 aliphatic heterocycles. The Morgan fingerprint density at radius 1 is 1.25 bits per heavy atom. The Kier molecular flexibility index (Phi) is 3.13. The predicted molar refractivity (Wildman–Crippen MR) is 68.6 cm³/mol. The highest BCUT2D eigenvalue weighted by Crippen LogP contribution is 2.43. The molecule has 88 valence electrons. The van der Waals surface area contributed by atoms with E-state index >= 15 is 0 Å². The van der Waals surface area contributed by atoms with Gasteiger partial charge in [-0.3, -0.25) is 0 Å². The van der Waals surface area contributed by atoms with Crippen molar-refractivity contribution < 1.29 is 4.74 Å². The molecular formula is C13H18ClNO. The smallest absolute Gasteiger partial charge is 0.0475 e. The summed E-state index contributed by atoms with van der Waals surface area (Å²) in [6.45, 7) is 5.07. The van der Waals surface area contributed by atoms with Crippen LogP contribution in [0.15, 0.2) is 18.2 Å². The fraction of sp³-hybridized carbons (Fsp3) is 0.538. The Balaban J connectivity index is 0.000000963. The van der Waals surface area contributed by atoms with E-state index in [1.807, 2.05) is 0 Å². The van der Waals surface area contributed by atoms with Gasteiger partial charge in [-0.2, -0.15) is 0 Å². The van der Waals surface area contributed by atoms with Crippen LogP contribution in [-0.2, 0) is 10.2 Å². The maximum absolute atomic E-state index is 5.47. The minimum atomic E-state index is 0. The summed E-state index contributed by atoms with van der Waals surface area (Å²) in [4.78, 5) is 0. The number of nitrogens with one attached hydrogen (secondary N) is 1. The van der Waals surface area contributed by atoms with Gasteiger partial charge in [0.2, 0.25) is 0 Å². The third-order valence-electron chi connectivity index (χ3n) is 3.81. The molecule has 3 heteroatoms. The summed E-state index contributed by atoms with van der Waals surface area (Å²) in [5.74, 6) is 0.